The summed E-state index contributed by atoms with van der Waals surface area (Å²) >= 11 is 12.1. The van der Waals surface area contributed by atoms with E-state index in [4.69, 9.17) is 23.2 Å². The van der Waals surface area contributed by atoms with Crippen LogP contribution >= 0.6 is 23.2 Å². The summed E-state index contributed by atoms with van der Waals surface area (Å²) in [5.41, 5.74) is 0.895. The van der Waals surface area contributed by atoms with Crippen molar-refractivity contribution in [3.05, 3.63) is 33.8 Å². The first-order chi connectivity index (χ1) is 8.58. The minimum absolute atomic E-state index is 0.114. The number of nitrogens with zero attached hydrogens (tertiary/aromatic N) is 1. The average molecular weight is 287 g/mol. The lowest BCUT2D eigenvalue weighted by Gasteiger charge is -2.23. The van der Waals surface area contributed by atoms with Crippen molar-refractivity contribution in [2.45, 2.75) is 25.9 Å². The maximum absolute atomic E-state index is 12.1. The number of hydrogen-bond donors (Lipinski definition) is 1. The minimum Gasteiger partial charge on any atom is -0.337 e. The van der Waals surface area contributed by atoms with E-state index in [9.17, 15) is 4.79 Å². The topological polar surface area (TPSA) is 32.3 Å². The fourth-order valence-corrected chi connectivity index (χ4v) is 2.46. The van der Waals surface area contributed by atoms with Gasteiger partial charge in [-0.25, -0.2) is 0 Å². The summed E-state index contributed by atoms with van der Waals surface area (Å²) in [6.07, 6.45) is 0.953. The molecule has 3 nitrogen and oxygen atoms in total. The van der Waals surface area contributed by atoms with Crippen molar-refractivity contribution in [3.8, 4) is 0 Å². The predicted octanol–water partition coefficient (Wildman–Crippen LogP) is 2.70. The minimum atomic E-state index is -0.134. The fourth-order valence-electron chi connectivity index (χ4n) is 2.09. The highest BCUT2D eigenvalue weighted by atomic mass is 35.5. The Balaban J connectivity index is 2.16. The third-order valence-electron chi connectivity index (χ3n) is 3.11. The Morgan fingerprint density at radius 2 is 2.22 bits per heavy atom. The molecule has 5 heteroatoms. The third kappa shape index (κ3) is 3.16. The van der Waals surface area contributed by atoms with Crippen LogP contribution in [0.15, 0.2) is 18.2 Å². The van der Waals surface area contributed by atoms with Gasteiger partial charge >= 0.3 is 0 Å². The quantitative estimate of drug-likeness (QED) is 0.907. The largest absolute Gasteiger partial charge is 0.337 e. The Labute approximate surface area is 117 Å². The summed E-state index contributed by atoms with van der Waals surface area (Å²) in [4.78, 5) is 14.0. The molecule has 0 bridgehead atoms. The molecule has 1 atom stereocenters. The lowest BCUT2D eigenvalue weighted by molar-refractivity contribution is -0.132. The number of benzene rings is 1. The Morgan fingerprint density at radius 3 is 3.00 bits per heavy atom. The highest BCUT2D eigenvalue weighted by molar-refractivity contribution is 6.33. The van der Waals surface area contributed by atoms with Gasteiger partial charge in [0.05, 0.1) is 6.04 Å². The molecule has 18 heavy (non-hydrogen) atoms. The second-order valence-corrected chi connectivity index (χ2v) is 5.37. The van der Waals surface area contributed by atoms with Crippen LogP contribution in [0.1, 0.15) is 18.9 Å². The summed E-state index contributed by atoms with van der Waals surface area (Å²) in [5, 5.41) is 4.48. The molecule has 1 aromatic rings. The lowest BCUT2D eigenvalue weighted by Crippen LogP contribution is -2.41. The van der Waals surface area contributed by atoms with E-state index in [-0.39, 0.29) is 11.9 Å². The van der Waals surface area contributed by atoms with E-state index in [1.54, 1.807) is 12.1 Å². The number of halogens is 2. The van der Waals surface area contributed by atoms with E-state index in [1.165, 1.54) is 0 Å². The Kier molecular flexibility index (Phi) is 4.49. The first kappa shape index (κ1) is 13.7. The molecule has 98 valence electrons. The van der Waals surface area contributed by atoms with Crippen LogP contribution in [0.2, 0.25) is 10.0 Å². The number of carbonyl (C=O) groups excluding carboxylic acids is 1. The molecule has 1 N–H and O–H groups in total. The molecule has 0 aromatic heterocycles. The van der Waals surface area contributed by atoms with E-state index in [1.807, 2.05) is 17.9 Å². The SMILES string of the molecule is CC1NCCCN(Cc2cc(Cl)ccc2Cl)C1=O. The van der Waals surface area contributed by atoms with Gasteiger partial charge in [0.25, 0.3) is 0 Å². The van der Waals surface area contributed by atoms with Crippen LogP contribution in [0.5, 0.6) is 0 Å². The monoisotopic (exact) mass is 286 g/mol. The van der Waals surface area contributed by atoms with E-state index < -0.39 is 0 Å². The van der Waals surface area contributed by atoms with Gasteiger partial charge in [-0.1, -0.05) is 23.2 Å². The first-order valence-electron chi connectivity index (χ1n) is 6.04. The Bertz CT molecular complexity index is 451. The van der Waals surface area contributed by atoms with Crippen molar-refractivity contribution in [2.24, 2.45) is 0 Å². The van der Waals surface area contributed by atoms with Crippen LogP contribution in [0.3, 0.4) is 0 Å². The molecule has 1 aliphatic heterocycles. The molecule has 1 unspecified atom stereocenters. The lowest BCUT2D eigenvalue weighted by atomic mass is 10.2. The van der Waals surface area contributed by atoms with Gasteiger partial charge in [-0.3, -0.25) is 4.79 Å². The van der Waals surface area contributed by atoms with Crippen molar-refractivity contribution in [2.75, 3.05) is 13.1 Å². The zero-order valence-electron chi connectivity index (χ0n) is 10.2. The molecule has 2 rings (SSSR count). The number of nitrogens with one attached hydrogen (secondary N) is 1. The molecule has 1 amide bonds. The summed E-state index contributed by atoms with van der Waals surface area (Å²) in [7, 11) is 0. The molecular formula is C13H16Cl2N2O. The number of carbonyl (C=O) groups is 1. The van der Waals surface area contributed by atoms with Crippen LogP contribution in [0.25, 0.3) is 0 Å². The second-order valence-electron chi connectivity index (χ2n) is 4.52. The van der Waals surface area contributed by atoms with Gasteiger partial charge in [-0.2, -0.15) is 0 Å². The fraction of sp³-hybridized carbons (Fsp3) is 0.462. The van der Waals surface area contributed by atoms with E-state index in [2.05, 4.69) is 5.32 Å². The van der Waals surface area contributed by atoms with Gasteiger partial charge < -0.3 is 10.2 Å². The van der Waals surface area contributed by atoms with Gasteiger partial charge in [0, 0.05) is 23.1 Å². The number of rotatable bonds is 2. The van der Waals surface area contributed by atoms with Gasteiger partial charge in [-0.15, -0.1) is 0 Å². The molecule has 1 aliphatic rings. The van der Waals surface area contributed by atoms with Crippen molar-refractivity contribution in [1.82, 2.24) is 10.2 Å². The number of hydrogen-bond acceptors (Lipinski definition) is 2. The molecule has 1 fully saturated rings. The summed E-state index contributed by atoms with van der Waals surface area (Å²) in [6, 6.07) is 5.20. The van der Waals surface area contributed by atoms with Crippen LogP contribution < -0.4 is 5.32 Å². The average Bonchev–Trinajstić information content (AvgIpc) is 2.49. The van der Waals surface area contributed by atoms with Gasteiger partial charge in [0.2, 0.25) is 5.91 Å². The summed E-state index contributed by atoms with van der Waals surface area (Å²) in [5.74, 6) is 0.114. The molecule has 1 aromatic carbocycles. The van der Waals surface area contributed by atoms with Crippen molar-refractivity contribution >= 4 is 29.1 Å². The zero-order valence-corrected chi connectivity index (χ0v) is 11.8. The maximum atomic E-state index is 12.1. The summed E-state index contributed by atoms with van der Waals surface area (Å²) < 4.78 is 0. The van der Waals surface area contributed by atoms with Crippen LogP contribution in [0.4, 0.5) is 0 Å². The highest BCUT2D eigenvalue weighted by Gasteiger charge is 2.23. The molecular weight excluding hydrogens is 271 g/mol. The standard InChI is InChI=1S/C13H16Cl2N2O/c1-9-13(18)17(6-2-5-16-9)8-10-7-11(14)3-4-12(10)15/h3-4,7,9,16H,2,5-6,8H2,1H3. The van der Waals surface area contributed by atoms with Crippen LogP contribution in [-0.2, 0) is 11.3 Å². The third-order valence-corrected chi connectivity index (χ3v) is 3.71. The number of amides is 1. The van der Waals surface area contributed by atoms with E-state index in [0.717, 1.165) is 25.1 Å². The van der Waals surface area contributed by atoms with Gasteiger partial charge in [-0.05, 0) is 43.7 Å². The molecule has 0 radical (unpaired) electrons. The van der Waals surface area contributed by atoms with Crippen LogP contribution in [-0.4, -0.2) is 29.9 Å². The van der Waals surface area contributed by atoms with Crippen LogP contribution in [0, 0.1) is 0 Å². The van der Waals surface area contributed by atoms with E-state index >= 15 is 0 Å². The molecule has 0 saturated carbocycles. The summed E-state index contributed by atoms with van der Waals surface area (Å²) in [6.45, 7) is 4.02. The van der Waals surface area contributed by atoms with Crippen molar-refractivity contribution in [1.29, 1.82) is 0 Å². The molecule has 1 heterocycles. The Hall–Kier alpha value is -0.770. The smallest absolute Gasteiger partial charge is 0.239 e. The van der Waals surface area contributed by atoms with Gasteiger partial charge in [0.15, 0.2) is 0 Å². The van der Waals surface area contributed by atoms with Crippen molar-refractivity contribution < 1.29 is 4.79 Å². The van der Waals surface area contributed by atoms with E-state index in [0.29, 0.717) is 16.6 Å². The normalized spacial score (nSPS) is 20.9. The second kappa shape index (κ2) is 5.91. The predicted molar refractivity (Wildman–Crippen MR) is 74.0 cm³/mol. The van der Waals surface area contributed by atoms with Crippen molar-refractivity contribution in [3.63, 3.8) is 0 Å². The highest BCUT2D eigenvalue weighted by Crippen LogP contribution is 2.22. The molecule has 1 saturated heterocycles. The zero-order chi connectivity index (χ0) is 13.1. The maximum Gasteiger partial charge on any atom is 0.239 e. The molecule has 0 spiro atoms. The van der Waals surface area contributed by atoms with Gasteiger partial charge in [0.1, 0.15) is 0 Å². The first-order valence-corrected chi connectivity index (χ1v) is 6.79. The Morgan fingerprint density at radius 1 is 1.44 bits per heavy atom. The molecule has 0 aliphatic carbocycles.